The molecule has 1 aromatic carbocycles. The monoisotopic (exact) mass is 214 g/mol. The van der Waals surface area contributed by atoms with Gasteiger partial charge in [0.15, 0.2) is 0 Å². The first-order valence-electron chi connectivity index (χ1n) is 4.75. The van der Waals surface area contributed by atoms with E-state index in [2.05, 4.69) is 9.97 Å². The van der Waals surface area contributed by atoms with E-state index in [9.17, 15) is 4.79 Å². The first-order valence-corrected chi connectivity index (χ1v) is 4.75. The van der Waals surface area contributed by atoms with Crippen LogP contribution in [-0.2, 0) is 0 Å². The summed E-state index contributed by atoms with van der Waals surface area (Å²) >= 11 is 0. The summed E-state index contributed by atoms with van der Waals surface area (Å²) in [4.78, 5) is 18.9. The van der Waals surface area contributed by atoms with Crippen LogP contribution >= 0.6 is 0 Å². The topological polar surface area (TPSA) is 52.1 Å². The van der Waals surface area contributed by atoms with Gasteiger partial charge < -0.3 is 4.74 Å². The van der Waals surface area contributed by atoms with Crippen LogP contribution in [0.15, 0.2) is 36.7 Å². The van der Waals surface area contributed by atoms with Crippen molar-refractivity contribution in [2.75, 3.05) is 7.11 Å². The minimum absolute atomic E-state index is 0.453. The molecule has 0 N–H and O–H groups in total. The van der Waals surface area contributed by atoms with E-state index in [1.807, 2.05) is 6.07 Å². The average Bonchev–Trinajstić information content (AvgIpc) is 2.39. The molecule has 2 rings (SSSR count). The highest BCUT2D eigenvalue weighted by molar-refractivity contribution is 5.78. The molecule has 80 valence electrons. The molecule has 1 aromatic heterocycles. The molecule has 0 aliphatic carbocycles. The second-order valence-corrected chi connectivity index (χ2v) is 3.19. The molecule has 0 spiro atoms. The van der Waals surface area contributed by atoms with Crippen molar-refractivity contribution in [1.29, 1.82) is 0 Å². The zero-order valence-electron chi connectivity index (χ0n) is 8.75. The molecule has 0 unspecified atom stereocenters. The third kappa shape index (κ3) is 2.06. The van der Waals surface area contributed by atoms with E-state index in [1.165, 1.54) is 13.3 Å². The Hall–Kier alpha value is -2.23. The number of ether oxygens (including phenoxy) is 1. The zero-order chi connectivity index (χ0) is 11.4. The van der Waals surface area contributed by atoms with Crippen molar-refractivity contribution in [3.8, 4) is 17.1 Å². The summed E-state index contributed by atoms with van der Waals surface area (Å²) in [6, 6.07) is 7.18. The van der Waals surface area contributed by atoms with Gasteiger partial charge in [0.05, 0.1) is 25.2 Å². The van der Waals surface area contributed by atoms with Crippen LogP contribution in [0.5, 0.6) is 5.88 Å². The fourth-order valence-corrected chi connectivity index (χ4v) is 1.36. The van der Waals surface area contributed by atoms with Crippen molar-refractivity contribution in [3.05, 3.63) is 42.2 Å². The molecule has 0 aliphatic heterocycles. The quantitative estimate of drug-likeness (QED) is 0.733. The van der Waals surface area contributed by atoms with Gasteiger partial charge in [0.2, 0.25) is 5.88 Å². The summed E-state index contributed by atoms with van der Waals surface area (Å²) in [5, 5.41) is 0. The Morgan fingerprint density at radius 1 is 1.31 bits per heavy atom. The lowest BCUT2D eigenvalue weighted by atomic mass is 10.1. The number of hydrogen-bond donors (Lipinski definition) is 0. The number of aldehydes is 1. The molecule has 0 saturated heterocycles. The standard InChI is InChI=1S/C12H10N2O2/c1-16-12-7-13-6-11(14-12)10-4-2-3-9(5-10)8-15/h2-8H,1H3. The van der Waals surface area contributed by atoms with E-state index in [0.717, 1.165) is 11.8 Å². The van der Waals surface area contributed by atoms with Crippen LogP contribution in [0, 0.1) is 0 Å². The normalized spacial score (nSPS) is 9.81. The number of methoxy groups -OCH3 is 1. The number of hydrogen-bond acceptors (Lipinski definition) is 4. The maximum absolute atomic E-state index is 10.7. The second kappa shape index (κ2) is 4.53. The lowest BCUT2D eigenvalue weighted by molar-refractivity contribution is 0.112. The van der Waals surface area contributed by atoms with Gasteiger partial charge in [-0.15, -0.1) is 0 Å². The summed E-state index contributed by atoms with van der Waals surface area (Å²) in [7, 11) is 1.54. The highest BCUT2D eigenvalue weighted by Crippen LogP contribution is 2.18. The highest BCUT2D eigenvalue weighted by atomic mass is 16.5. The van der Waals surface area contributed by atoms with Gasteiger partial charge in [-0.2, -0.15) is 0 Å². The summed E-state index contributed by atoms with van der Waals surface area (Å²) in [5.41, 5.74) is 2.14. The van der Waals surface area contributed by atoms with Gasteiger partial charge >= 0.3 is 0 Å². The maximum atomic E-state index is 10.7. The molecule has 0 aliphatic rings. The van der Waals surface area contributed by atoms with E-state index in [1.54, 1.807) is 24.4 Å². The van der Waals surface area contributed by atoms with Gasteiger partial charge in [-0.3, -0.25) is 9.78 Å². The van der Waals surface area contributed by atoms with Crippen LogP contribution in [0.1, 0.15) is 10.4 Å². The molecule has 0 radical (unpaired) electrons. The van der Waals surface area contributed by atoms with E-state index in [0.29, 0.717) is 17.1 Å². The van der Waals surface area contributed by atoms with Crippen LogP contribution in [0.4, 0.5) is 0 Å². The summed E-state index contributed by atoms with van der Waals surface area (Å²) in [6.45, 7) is 0. The number of carbonyl (C=O) groups excluding carboxylic acids is 1. The van der Waals surface area contributed by atoms with Gasteiger partial charge in [-0.25, -0.2) is 4.98 Å². The Morgan fingerprint density at radius 2 is 2.19 bits per heavy atom. The van der Waals surface area contributed by atoms with Crippen molar-refractivity contribution in [2.45, 2.75) is 0 Å². The van der Waals surface area contributed by atoms with E-state index < -0.39 is 0 Å². The largest absolute Gasteiger partial charge is 0.480 e. The van der Waals surface area contributed by atoms with E-state index >= 15 is 0 Å². The lowest BCUT2D eigenvalue weighted by Crippen LogP contribution is -1.92. The third-order valence-corrected chi connectivity index (χ3v) is 2.14. The second-order valence-electron chi connectivity index (χ2n) is 3.19. The number of carbonyl (C=O) groups is 1. The van der Waals surface area contributed by atoms with Crippen molar-refractivity contribution < 1.29 is 9.53 Å². The van der Waals surface area contributed by atoms with Crippen LogP contribution < -0.4 is 4.74 Å². The van der Waals surface area contributed by atoms with Gasteiger partial charge in [-0.05, 0) is 6.07 Å². The van der Waals surface area contributed by atoms with E-state index in [4.69, 9.17) is 4.74 Å². The smallest absolute Gasteiger partial charge is 0.232 e. The summed E-state index contributed by atoms with van der Waals surface area (Å²) < 4.78 is 4.99. The van der Waals surface area contributed by atoms with Crippen molar-refractivity contribution in [2.24, 2.45) is 0 Å². The van der Waals surface area contributed by atoms with Crippen molar-refractivity contribution >= 4 is 6.29 Å². The fourth-order valence-electron chi connectivity index (χ4n) is 1.36. The predicted molar refractivity (Wildman–Crippen MR) is 59.4 cm³/mol. The first kappa shape index (κ1) is 10.3. The highest BCUT2D eigenvalue weighted by Gasteiger charge is 2.02. The molecule has 0 fully saturated rings. The number of rotatable bonds is 3. The Bertz CT molecular complexity index is 512. The molecule has 1 heterocycles. The molecule has 0 amide bonds. The maximum Gasteiger partial charge on any atom is 0.232 e. The Labute approximate surface area is 92.9 Å². The van der Waals surface area contributed by atoms with Crippen LogP contribution in [0.3, 0.4) is 0 Å². The predicted octanol–water partition coefficient (Wildman–Crippen LogP) is 1.96. The minimum Gasteiger partial charge on any atom is -0.480 e. The SMILES string of the molecule is COc1cncc(-c2cccc(C=O)c2)n1. The van der Waals surface area contributed by atoms with Gasteiger partial charge in [-0.1, -0.05) is 18.2 Å². The van der Waals surface area contributed by atoms with Crippen LogP contribution in [0.25, 0.3) is 11.3 Å². The minimum atomic E-state index is 0.453. The van der Waals surface area contributed by atoms with E-state index in [-0.39, 0.29) is 0 Å². The molecule has 4 heteroatoms. The molecule has 16 heavy (non-hydrogen) atoms. The Kier molecular flexibility index (Phi) is 2.91. The molecule has 4 nitrogen and oxygen atoms in total. The van der Waals surface area contributed by atoms with Gasteiger partial charge in [0.25, 0.3) is 0 Å². The van der Waals surface area contributed by atoms with Crippen LogP contribution in [0.2, 0.25) is 0 Å². The molecular formula is C12H10N2O2. The van der Waals surface area contributed by atoms with Gasteiger partial charge in [0, 0.05) is 11.1 Å². The van der Waals surface area contributed by atoms with Crippen molar-refractivity contribution in [3.63, 3.8) is 0 Å². The Morgan fingerprint density at radius 3 is 2.94 bits per heavy atom. The van der Waals surface area contributed by atoms with Crippen molar-refractivity contribution in [1.82, 2.24) is 9.97 Å². The summed E-state index contributed by atoms with van der Waals surface area (Å²) in [6.07, 6.45) is 3.97. The number of nitrogens with zero attached hydrogens (tertiary/aromatic N) is 2. The van der Waals surface area contributed by atoms with Crippen LogP contribution in [-0.4, -0.2) is 23.4 Å². The number of aromatic nitrogens is 2. The number of benzene rings is 1. The lowest BCUT2D eigenvalue weighted by Gasteiger charge is -2.03. The Balaban J connectivity index is 2.45. The fraction of sp³-hybridized carbons (Fsp3) is 0.0833. The molecule has 0 atom stereocenters. The molecule has 0 saturated carbocycles. The van der Waals surface area contributed by atoms with Gasteiger partial charge in [0.1, 0.15) is 6.29 Å². The molecular weight excluding hydrogens is 204 g/mol. The first-order chi connectivity index (χ1) is 7.83. The summed E-state index contributed by atoms with van der Waals surface area (Å²) in [5.74, 6) is 0.453. The molecule has 2 aromatic rings. The third-order valence-electron chi connectivity index (χ3n) is 2.14. The zero-order valence-corrected chi connectivity index (χ0v) is 8.75. The average molecular weight is 214 g/mol. The molecule has 0 bridgehead atoms.